The fourth-order valence-electron chi connectivity index (χ4n) is 2.38. The topological polar surface area (TPSA) is 73.6 Å². The van der Waals surface area contributed by atoms with Gasteiger partial charge in [0.2, 0.25) is 0 Å². The molecule has 0 saturated heterocycles. The molecule has 134 valence electrons. The molecule has 0 aliphatic carbocycles. The van der Waals surface area contributed by atoms with Crippen LogP contribution in [-0.4, -0.2) is 12.5 Å². The Morgan fingerprint density at radius 1 is 1.40 bits per heavy atom. The van der Waals surface area contributed by atoms with Crippen molar-refractivity contribution < 1.29 is 18.7 Å². The smallest absolute Gasteiger partial charge is 0.262 e. The molecule has 1 aliphatic heterocycles. The predicted octanol–water partition coefficient (Wildman–Crippen LogP) is 4.43. The number of anilines is 1. The molecule has 0 aromatic heterocycles. The highest BCUT2D eigenvalue weighted by atomic mass is 35.5. The van der Waals surface area contributed by atoms with Gasteiger partial charge in [0.25, 0.3) is 5.91 Å². The van der Waals surface area contributed by atoms with Crippen LogP contribution in [0.5, 0.6) is 17.2 Å². The summed E-state index contributed by atoms with van der Waals surface area (Å²) in [6.07, 6.45) is 0.588. The summed E-state index contributed by atoms with van der Waals surface area (Å²) in [7, 11) is 0. The lowest BCUT2D eigenvalue weighted by molar-refractivity contribution is -0.118. The van der Waals surface area contributed by atoms with Gasteiger partial charge in [-0.05, 0) is 24.6 Å². The van der Waals surface area contributed by atoms with E-state index < -0.39 is 11.9 Å². The molecule has 0 unspecified atom stereocenters. The van der Waals surface area contributed by atoms with E-state index in [9.17, 15) is 9.18 Å². The van der Waals surface area contributed by atoms with Crippen molar-refractivity contribution in [3.63, 3.8) is 0 Å². The van der Waals surface area contributed by atoms with E-state index >= 15 is 0 Å². The van der Waals surface area contributed by atoms with Gasteiger partial charge in [-0.3, -0.25) is 4.79 Å². The quantitative estimate of drug-likeness (QED) is 0.814. The third-order valence-corrected chi connectivity index (χ3v) is 4.02. The summed E-state index contributed by atoms with van der Waals surface area (Å²) in [5.41, 5.74) is 6.79. The molecule has 3 N–H and O–H groups in total. The molecule has 5 nitrogen and oxygen atoms in total. The SMILES string of the molecule is CC[C@@H](N)c1ccc(Cl)c(Oc2ccc3c(c2)OCC(=O)N3)c1F.Cl. The second-order valence-corrected chi connectivity index (χ2v) is 5.80. The van der Waals surface area contributed by atoms with Crippen LogP contribution in [0.1, 0.15) is 24.9 Å². The van der Waals surface area contributed by atoms with E-state index in [0.717, 1.165) is 0 Å². The van der Waals surface area contributed by atoms with Crippen LogP contribution in [0.15, 0.2) is 30.3 Å². The molecule has 2 aromatic rings. The monoisotopic (exact) mass is 386 g/mol. The van der Waals surface area contributed by atoms with Crippen molar-refractivity contribution in [2.45, 2.75) is 19.4 Å². The Balaban J connectivity index is 0.00000225. The Bertz CT molecular complexity index is 802. The third kappa shape index (κ3) is 3.98. The first-order valence-electron chi connectivity index (χ1n) is 7.47. The summed E-state index contributed by atoms with van der Waals surface area (Å²) < 4.78 is 25.6. The highest BCUT2D eigenvalue weighted by molar-refractivity contribution is 6.32. The second kappa shape index (κ2) is 7.91. The molecule has 1 amide bonds. The van der Waals surface area contributed by atoms with Gasteiger partial charge in [0, 0.05) is 17.7 Å². The van der Waals surface area contributed by atoms with Crippen molar-refractivity contribution in [1.29, 1.82) is 0 Å². The van der Waals surface area contributed by atoms with Gasteiger partial charge in [-0.2, -0.15) is 0 Å². The molecular formula is C17H17Cl2FN2O3. The summed E-state index contributed by atoms with van der Waals surface area (Å²) in [6, 6.07) is 7.46. The number of nitrogens with two attached hydrogens (primary N) is 1. The highest BCUT2D eigenvalue weighted by Gasteiger charge is 2.20. The molecule has 2 aromatic carbocycles. The maximum absolute atomic E-state index is 14.7. The van der Waals surface area contributed by atoms with Gasteiger partial charge >= 0.3 is 0 Å². The van der Waals surface area contributed by atoms with Crippen molar-refractivity contribution in [3.05, 3.63) is 46.7 Å². The first-order valence-corrected chi connectivity index (χ1v) is 7.85. The Morgan fingerprint density at radius 2 is 2.16 bits per heavy atom. The molecule has 0 bridgehead atoms. The fraction of sp³-hybridized carbons (Fsp3) is 0.235. The maximum atomic E-state index is 14.7. The molecule has 25 heavy (non-hydrogen) atoms. The number of fused-ring (bicyclic) bond motifs is 1. The normalized spacial score (nSPS) is 13.8. The van der Waals surface area contributed by atoms with Gasteiger partial charge < -0.3 is 20.5 Å². The number of benzene rings is 2. The lowest BCUT2D eigenvalue weighted by atomic mass is 10.0. The van der Waals surface area contributed by atoms with Crippen LogP contribution in [0.25, 0.3) is 0 Å². The zero-order valence-electron chi connectivity index (χ0n) is 13.3. The first-order chi connectivity index (χ1) is 11.5. The minimum Gasteiger partial charge on any atom is -0.481 e. The van der Waals surface area contributed by atoms with E-state index in [2.05, 4.69) is 5.32 Å². The van der Waals surface area contributed by atoms with Crippen LogP contribution in [0, 0.1) is 5.82 Å². The van der Waals surface area contributed by atoms with Gasteiger partial charge in [0.05, 0.1) is 10.7 Å². The zero-order valence-corrected chi connectivity index (χ0v) is 14.9. The van der Waals surface area contributed by atoms with Crippen LogP contribution in [0.2, 0.25) is 5.02 Å². The predicted molar refractivity (Wildman–Crippen MR) is 96.5 cm³/mol. The minimum absolute atomic E-state index is 0. The summed E-state index contributed by atoms with van der Waals surface area (Å²) in [4.78, 5) is 11.3. The number of ether oxygens (including phenoxy) is 2. The number of halogens is 3. The minimum atomic E-state index is -0.580. The summed E-state index contributed by atoms with van der Waals surface area (Å²) in [5.74, 6) is -0.105. The molecular weight excluding hydrogens is 370 g/mol. The largest absolute Gasteiger partial charge is 0.481 e. The number of amides is 1. The highest BCUT2D eigenvalue weighted by Crippen LogP contribution is 2.38. The van der Waals surface area contributed by atoms with E-state index in [4.69, 9.17) is 26.8 Å². The molecule has 1 heterocycles. The van der Waals surface area contributed by atoms with Gasteiger partial charge in [-0.15, -0.1) is 12.4 Å². The molecule has 1 atom stereocenters. The van der Waals surface area contributed by atoms with Crippen LogP contribution in [0.3, 0.4) is 0 Å². The van der Waals surface area contributed by atoms with Gasteiger partial charge in [0.1, 0.15) is 11.5 Å². The van der Waals surface area contributed by atoms with Gasteiger partial charge in [-0.1, -0.05) is 24.6 Å². The van der Waals surface area contributed by atoms with Crippen molar-refractivity contribution in [2.75, 3.05) is 11.9 Å². The number of rotatable bonds is 4. The van der Waals surface area contributed by atoms with Crippen molar-refractivity contribution in [2.24, 2.45) is 5.73 Å². The molecule has 0 fully saturated rings. The Hall–Kier alpha value is -2.02. The number of carbonyl (C=O) groups is 1. The summed E-state index contributed by atoms with van der Waals surface area (Å²) >= 11 is 6.07. The number of carbonyl (C=O) groups excluding carboxylic acids is 1. The van der Waals surface area contributed by atoms with Crippen molar-refractivity contribution in [1.82, 2.24) is 0 Å². The molecule has 0 spiro atoms. The average molecular weight is 387 g/mol. The van der Waals surface area contributed by atoms with Crippen LogP contribution in [0.4, 0.5) is 10.1 Å². The van der Waals surface area contributed by atoms with E-state index in [-0.39, 0.29) is 35.7 Å². The van der Waals surface area contributed by atoms with E-state index in [1.54, 1.807) is 30.3 Å². The summed E-state index contributed by atoms with van der Waals surface area (Å²) in [6.45, 7) is 1.79. The molecule has 8 heteroatoms. The Labute approximate surface area is 155 Å². The lowest BCUT2D eigenvalue weighted by Crippen LogP contribution is -2.25. The Kier molecular flexibility index (Phi) is 6.11. The van der Waals surface area contributed by atoms with E-state index in [1.165, 1.54) is 0 Å². The zero-order chi connectivity index (χ0) is 17.3. The van der Waals surface area contributed by atoms with Crippen molar-refractivity contribution in [3.8, 4) is 17.2 Å². The standard InChI is InChI=1S/C17H16ClFN2O3.ClH/c1-2-12(20)10-4-5-11(18)17(16(10)19)24-9-3-6-13-14(7-9)23-8-15(22)21-13;/h3-7,12H,2,8,20H2,1H3,(H,21,22);1H/t12-;/m1./s1. The molecule has 1 aliphatic rings. The maximum Gasteiger partial charge on any atom is 0.262 e. The second-order valence-electron chi connectivity index (χ2n) is 5.39. The van der Waals surface area contributed by atoms with Crippen LogP contribution in [-0.2, 0) is 4.79 Å². The van der Waals surface area contributed by atoms with Gasteiger partial charge in [-0.25, -0.2) is 4.39 Å². The third-order valence-electron chi connectivity index (χ3n) is 3.72. The van der Waals surface area contributed by atoms with Gasteiger partial charge in [0.15, 0.2) is 18.2 Å². The lowest BCUT2D eigenvalue weighted by Gasteiger charge is -2.19. The van der Waals surface area contributed by atoms with Crippen LogP contribution >= 0.6 is 24.0 Å². The molecule has 0 radical (unpaired) electrons. The van der Waals surface area contributed by atoms with E-state index in [1.807, 2.05) is 6.92 Å². The van der Waals surface area contributed by atoms with Crippen LogP contribution < -0.4 is 20.5 Å². The number of nitrogens with one attached hydrogen (secondary N) is 1. The molecule has 0 saturated carbocycles. The van der Waals surface area contributed by atoms with Crippen molar-refractivity contribution >= 4 is 35.6 Å². The number of hydrogen-bond acceptors (Lipinski definition) is 4. The average Bonchev–Trinajstić information content (AvgIpc) is 2.58. The fourth-order valence-corrected chi connectivity index (χ4v) is 2.57. The summed E-state index contributed by atoms with van der Waals surface area (Å²) in [5, 5.41) is 2.81. The number of hydrogen-bond donors (Lipinski definition) is 2. The first kappa shape index (κ1) is 19.3. The molecule has 3 rings (SSSR count). The Morgan fingerprint density at radius 3 is 2.88 bits per heavy atom. The van der Waals surface area contributed by atoms with E-state index in [0.29, 0.717) is 29.2 Å².